The highest BCUT2D eigenvalue weighted by Crippen LogP contribution is 2.22. The first-order valence-corrected chi connectivity index (χ1v) is 12.3. The molecule has 0 saturated carbocycles. The summed E-state index contributed by atoms with van der Waals surface area (Å²) in [6, 6.07) is 6.78. The number of carbonyl (C=O) groups excluding carboxylic acids is 3. The molecule has 0 bridgehead atoms. The predicted octanol–water partition coefficient (Wildman–Crippen LogP) is 4.01. The van der Waals surface area contributed by atoms with Gasteiger partial charge in [-0.15, -0.1) is 11.3 Å². The molecule has 1 aromatic carbocycles. The summed E-state index contributed by atoms with van der Waals surface area (Å²) >= 11 is 1.34. The van der Waals surface area contributed by atoms with Crippen molar-refractivity contribution in [3.05, 3.63) is 40.3 Å². The van der Waals surface area contributed by atoms with E-state index >= 15 is 0 Å². The van der Waals surface area contributed by atoms with Gasteiger partial charge in [-0.3, -0.25) is 9.59 Å². The highest BCUT2D eigenvalue weighted by molar-refractivity contribution is 7.09. The smallest absolute Gasteiger partial charge is 0.322 e. The van der Waals surface area contributed by atoms with Crippen molar-refractivity contribution in [3.8, 4) is 5.75 Å². The predicted molar refractivity (Wildman–Crippen MR) is 130 cm³/mol. The number of hydrogen-bond acceptors (Lipinski definition) is 7. The van der Waals surface area contributed by atoms with Gasteiger partial charge < -0.3 is 24.6 Å². The van der Waals surface area contributed by atoms with Gasteiger partial charge in [-0.1, -0.05) is 0 Å². The second kappa shape index (κ2) is 11.8. The highest BCUT2D eigenvalue weighted by atomic mass is 32.1. The number of thiazole rings is 1. The molecule has 0 spiro atoms. The molecule has 10 heteroatoms. The van der Waals surface area contributed by atoms with Gasteiger partial charge in [0.15, 0.2) is 0 Å². The maximum atomic E-state index is 13.0. The minimum atomic E-state index is -0.297. The van der Waals surface area contributed by atoms with Gasteiger partial charge in [0.2, 0.25) is 0 Å². The van der Waals surface area contributed by atoms with Crippen molar-refractivity contribution >= 4 is 34.9 Å². The summed E-state index contributed by atoms with van der Waals surface area (Å²) in [5.41, 5.74) is 0.997. The van der Waals surface area contributed by atoms with Crippen LogP contribution in [0.1, 0.15) is 49.1 Å². The summed E-state index contributed by atoms with van der Waals surface area (Å²) in [6.07, 6.45) is 1.47. The summed E-state index contributed by atoms with van der Waals surface area (Å²) < 4.78 is 10.3. The third-order valence-electron chi connectivity index (χ3n) is 5.63. The molecule has 184 valence electrons. The molecule has 1 aliphatic rings. The van der Waals surface area contributed by atoms with Gasteiger partial charge in [0.05, 0.1) is 26.2 Å². The molecule has 2 heterocycles. The summed E-state index contributed by atoms with van der Waals surface area (Å²) in [7, 11) is 1.59. The zero-order valence-electron chi connectivity index (χ0n) is 20.1. The first-order chi connectivity index (χ1) is 16.3. The first kappa shape index (κ1) is 25.5. The van der Waals surface area contributed by atoms with Crippen molar-refractivity contribution in [2.24, 2.45) is 5.92 Å². The van der Waals surface area contributed by atoms with Gasteiger partial charge in [-0.05, 0) is 57.9 Å². The van der Waals surface area contributed by atoms with E-state index < -0.39 is 0 Å². The van der Waals surface area contributed by atoms with Crippen LogP contribution in [0.5, 0.6) is 5.75 Å². The molecule has 1 unspecified atom stereocenters. The standard InChI is InChI=1S/C24H32N4O5S/c1-5-33-23(30)17-7-6-12-27(13-17)22(29)20-15-34-21(26-20)14-28(16(2)3)24(31)25-18-8-10-19(32-4)11-9-18/h8-11,15-17H,5-7,12-14H2,1-4H3,(H,25,31). The fourth-order valence-corrected chi connectivity index (χ4v) is 4.53. The average Bonchev–Trinajstić information content (AvgIpc) is 3.31. The number of carbonyl (C=O) groups is 3. The number of methoxy groups -OCH3 is 1. The number of esters is 1. The Hall–Kier alpha value is -3.14. The van der Waals surface area contributed by atoms with Gasteiger partial charge in [-0.2, -0.15) is 0 Å². The van der Waals surface area contributed by atoms with E-state index in [-0.39, 0.29) is 36.4 Å². The topological polar surface area (TPSA) is 101 Å². The van der Waals surface area contributed by atoms with Gasteiger partial charge in [0.25, 0.3) is 5.91 Å². The first-order valence-electron chi connectivity index (χ1n) is 11.4. The van der Waals surface area contributed by atoms with Crippen LogP contribution in [0.25, 0.3) is 0 Å². The molecule has 3 amide bonds. The number of benzene rings is 1. The summed E-state index contributed by atoms with van der Waals surface area (Å²) in [4.78, 5) is 45.8. The van der Waals surface area contributed by atoms with Crippen LogP contribution in [0.4, 0.5) is 10.5 Å². The van der Waals surface area contributed by atoms with Crippen molar-refractivity contribution < 1.29 is 23.9 Å². The number of nitrogens with one attached hydrogen (secondary N) is 1. The van der Waals surface area contributed by atoms with Crippen LogP contribution in [0.2, 0.25) is 0 Å². The third-order valence-corrected chi connectivity index (χ3v) is 6.46. The fraction of sp³-hybridized carbons (Fsp3) is 0.500. The van der Waals surface area contributed by atoms with Crippen molar-refractivity contribution in [1.29, 1.82) is 0 Å². The summed E-state index contributed by atoms with van der Waals surface area (Å²) in [5.74, 6) is -0.0421. The molecule has 1 N–H and O–H groups in total. The third kappa shape index (κ3) is 6.47. The Bertz CT molecular complexity index is 992. The van der Waals surface area contributed by atoms with E-state index in [9.17, 15) is 14.4 Å². The minimum absolute atomic E-state index is 0.0752. The SMILES string of the molecule is CCOC(=O)C1CCCN(C(=O)c2csc(CN(C(=O)Nc3ccc(OC)cc3)C(C)C)n2)C1. The van der Waals surface area contributed by atoms with E-state index in [0.29, 0.717) is 41.8 Å². The van der Waals surface area contributed by atoms with Gasteiger partial charge in [0, 0.05) is 30.2 Å². The number of likely N-dealkylation sites (tertiary alicyclic amines) is 1. The molecule has 34 heavy (non-hydrogen) atoms. The lowest BCUT2D eigenvalue weighted by Crippen LogP contribution is -2.43. The van der Waals surface area contributed by atoms with E-state index in [1.807, 2.05) is 13.8 Å². The van der Waals surface area contributed by atoms with Crippen molar-refractivity contribution in [2.75, 3.05) is 32.1 Å². The van der Waals surface area contributed by atoms with Gasteiger partial charge >= 0.3 is 12.0 Å². The van der Waals surface area contributed by atoms with E-state index in [0.717, 1.165) is 12.8 Å². The number of nitrogens with zero attached hydrogens (tertiary/aromatic N) is 3. The number of urea groups is 1. The van der Waals surface area contributed by atoms with E-state index in [1.54, 1.807) is 53.5 Å². The monoisotopic (exact) mass is 488 g/mol. The zero-order chi connectivity index (χ0) is 24.7. The lowest BCUT2D eigenvalue weighted by atomic mass is 9.98. The largest absolute Gasteiger partial charge is 0.497 e. The summed E-state index contributed by atoms with van der Waals surface area (Å²) in [5, 5.41) is 5.27. The van der Waals surface area contributed by atoms with Crippen LogP contribution in [0, 0.1) is 5.92 Å². The van der Waals surface area contributed by atoms with Crippen LogP contribution in [0.3, 0.4) is 0 Å². The Morgan fingerprint density at radius 2 is 2.00 bits per heavy atom. The van der Waals surface area contributed by atoms with Crippen molar-refractivity contribution in [1.82, 2.24) is 14.8 Å². The van der Waals surface area contributed by atoms with Crippen LogP contribution < -0.4 is 10.1 Å². The number of amides is 3. The van der Waals surface area contributed by atoms with Gasteiger partial charge in [0.1, 0.15) is 16.5 Å². The van der Waals surface area contributed by atoms with E-state index in [1.165, 1.54) is 11.3 Å². The number of anilines is 1. The molecular formula is C24H32N4O5S. The number of rotatable bonds is 8. The Morgan fingerprint density at radius 3 is 2.65 bits per heavy atom. The Labute approximate surface area is 204 Å². The summed E-state index contributed by atoms with van der Waals surface area (Å²) in [6.45, 7) is 7.17. The second-order valence-electron chi connectivity index (χ2n) is 8.35. The number of piperidine rings is 1. The average molecular weight is 489 g/mol. The molecule has 1 atom stereocenters. The molecule has 1 aromatic heterocycles. The molecule has 1 aliphatic heterocycles. The Kier molecular flexibility index (Phi) is 8.86. The van der Waals surface area contributed by atoms with Crippen LogP contribution >= 0.6 is 11.3 Å². The maximum absolute atomic E-state index is 13.0. The number of hydrogen-bond donors (Lipinski definition) is 1. The quantitative estimate of drug-likeness (QED) is 0.564. The number of aromatic nitrogens is 1. The molecule has 1 fully saturated rings. The van der Waals surface area contributed by atoms with Gasteiger partial charge in [-0.25, -0.2) is 9.78 Å². The molecule has 0 aliphatic carbocycles. The molecular weight excluding hydrogens is 456 g/mol. The lowest BCUT2D eigenvalue weighted by Gasteiger charge is -2.31. The minimum Gasteiger partial charge on any atom is -0.497 e. The van der Waals surface area contributed by atoms with E-state index in [2.05, 4.69) is 10.3 Å². The Morgan fingerprint density at radius 1 is 1.26 bits per heavy atom. The number of ether oxygens (including phenoxy) is 2. The highest BCUT2D eigenvalue weighted by Gasteiger charge is 2.31. The fourth-order valence-electron chi connectivity index (χ4n) is 3.76. The molecule has 0 radical (unpaired) electrons. The molecule has 9 nitrogen and oxygen atoms in total. The zero-order valence-corrected chi connectivity index (χ0v) is 20.9. The second-order valence-corrected chi connectivity index (χ2v) is 9.29. The van der Waals surface area contributed by atoms with Crippen molar-refractivity contribution in [2.45, 2.75) is 46.2 Å². The molecule has 2 aromatic rings. The maximum Gasteiger partial charge on any atom is 0.322 e. The molecule has 1 saturated heterocycles. The molecule has 3 rings (SSSR count). The normalized spacial score (nSPS) is 15.7. The lowest BCUT2D eigenvalue weighted by molar-refractivity contribution is -0.149. The van der Waals surface area contributed by atoms with Crippen LogP contribution in [-0.2, 0) is 16.1 Å². The Balaban J connectivity index is 1.63. The van der Waals surface area contributed by atoms with Crippen LogP contribution in [-0.4, -0.2) is 65.5 Å². The van der Waals surface area contributed by atoms with Crippen LogP contribution in [0.15, 0.2) is 29.6 Å². The van der Waals surface area contributed by atoms with Crippen molar-refractivity contribution in [3.63, 3.8) is 0 Å². The van der Waals surface area contributed by atoms with E-state index in [4.69, 9.17) is 9.47 Å².